The summed E-state index contributed by atoms with van der Waals surface area (Å²) in [4.78, 5) is 13.8. The summed E-state index contributed by atoms with van der Waals surface area (Å²) in [5.74, 6) is 1.28. The van der Waals surface area contributed by atoms with Gasteiger partial charge in [0.25, 0.3) is 5.91 Å². The van der Waals surface area contributed by atoms with Crippen molar-refractivity contribution in [2.24, 2.45) is 5.41 Å². The number of carbonyl (C=O) groups is 1. The van der Waals surface area contributed by atoms with Crippen LogP contribution in [-0.2, 0) is 12.0 Å². The van der Waals surface area contributed by atoms with Crippen LogP contribution in [-0.4, -0.2) is 24.2 Å². The van der Waals surface area contributed by atoms with Gasteiger partial charge in [-0.05, 0) is 64.8 Å². The first-order valence-electron chi connectivity index (χ1n) is 9.97. The number of rotatable bonds is 6. The molecule has 3 unspecified atom stereocenters. The second-order valence-corrected chi connectivity index (χ2v) is 9.73. The fraction of sp³-hybridized carbons (Fsp3) is 0.522. The molecule has 3 atom stereocenters. The number of aliphatic hydroxyl groups excluding tert-OH is 1. The smallest absolute Gasteiger partial charge is 0.261 e. The summed E-state index contributed by atoms with van der Waals surface area (Å²) in [5.41, 5.74) is 6.35. The predicted octanol–water partition coefficient (Wildman–Crippen LogP) is 4.45. The number of carbonyl (C=O) groups excluding carboxylic acids is 1. The summed E-state index contributed by atoms with van der Waals surface area (Å²) in [6.07, 6.45) is 1.23. The molecule has 4 rings (SSSR count). The Morgan fingerprint density at radius 2 is 2.00 bits per heavy atom. The van der Waals surface area contributed by atoms with Gasteiger partial charge in [-0.25, -0.2) is 0 Å². The highest BCUT2D eigenvalue weighted by atomic mass is 32.1. The van der Waals surface area contributed by atoms with Gasteiger partial charge in [0.05, 0.1) is 11.5 Å². The Morgan fingerprint density at radius 3 is 2.64 bits per heavy atom. The summed E-state index contributed by atoms with van der Waals surface area (Å²) >= 11 is 1.59. The van der Waals surface area contributed by atoms with Crippen LogP contribution in [0.5, 0.6) is 5.75 Å². The molecule has 0 bridgehead atoms. The van der Waals surface area contributed by atoms with Gasteiger partial charge in [0.15, 0.2) is 0 Å². The molecule has 4 nitrogen and oxygen atoms in total. The van der Waals surface area contributed by atoms with Gasteiger partial charge < -0.3 is 15.2 Å². The Kier molecular flexibility index (Phi) is 4.59. The zero-order valence-corrected chi connectivity index (χ0v) is 18.1. The first-order valence-corrected chi connectivity index (χ1v) is 10.8. The van der Waals surface area contributed by atoms with Crippen LogP contribution in [0.2, 0.25) is 0 Å². The van der Waals surface area contributed by atoms with E-state index in [1.165, 1.54) is 17.5 Å². The minimum Gasteiger partial charge on any atom is -0.491 e. The lowest BCUT2D eigenvalue weighted by molar-refractivity contribution is 0.0953. The molecule has 150 valence electrons. The molecule has 1 aromatic carbocycles. The molecular formula is C23H29NO3S. The second-order valence-electron chi connectivity index (χ2n) is 8.85. The van der Waals surface area contributed by atoms with Crippen LogP contribution in [0.1, 0.15) is 70.6 Å². The molecule has 0 aliphatic heterocycles. The first kappa shape index (κ1) is 19.5. The van der Waals surface area contributed by atoms with Crippen LogP contribution in [0.25, 0.3) is 0 Å². The van der Waals surface area contributed by atoms with Gasteiger partial charge in [-0.15, -0.1) is 11.3 Å². The summed E-state index contributed by atoms with van der Waals surface area (Å²) in [7, 11) is 0. The van der Waals surface area contributed by atoms with Crippen molar-refractivity contribution in [3.8, 4) is 5.75 Å². The molecule has 2 N–H and O–H groups in total. The van der Waals surface area contributed by atoms with E-state index in [2.05, 4.69) is 31.5 Å². The normalized spacial score (nSPS) is 27.3. The molecule has 5 heteroatoms. The lowest BCUT2D eigenvalue weighted by Gasteiger charge is -2.17. The van der Waals surface area contributed by atoms with Gasteiger partial charge >= 0.3 is 0 Å². The molecular weight excluding hydrogens is 370 g/mol. The number of thiophene rings is 1. The topological polar surface area (TPSA) is 58.6 Å². The molecule has 1 fully saturated rings. The first-order chi connectivity index (χ1) is 13.2. The molecule has 1 aromatic heterocycles. The number of ether oxygens (including phenoxy) is 1. The van der Waals surface area contributed by atoms with Gasteiger partial charge in [-0.2, -0.15) is 0 Å². The van der Waals surface area contributed by atoms with Gasteiger partial charge in [0, 0.05) is 12.0 Å². The summed E-state index contributed by atoms with van der Waals surface area (Å²) in [6, 6.07) is 4.08. The van der Waals surface area contributed by atoms with Crippen LogP contribution < -0.4 is 10.1 Å². The molecule has 2 aliphatic carbocycles. The maximum atomic E-state index is 12.9. The number of aliphatic hydroxyl groups is 1. The molecule has 1 amide bonds. The molecule has 1 saturated carbocycles. The Morgan fingerprint density at radius 1 is 1.32 bits per heavy atom. The standard InChI is InChI=1S/C23H29NO3S/c1-13-8-16(9-14(2)19(13)27-7-6-25)10-24-21(26)20-18-15(3)22(4)12-23(22,5)17(18)11-28-20/h8-9,11,15,25H,6-7,10,12H2,1-5H3,(H,24,26). The average Bonchev–Trinajstić information content (AvgIpc) is 2.96. The van der Waals surface area contributed by atoms with Gasteiger partial charge in [-0.1, -0.05) is 32.9 Å². The quantitative estimate of drug-likeness (QED) is 0.754. The zero-order valence-electron chi connectivity index (χ0n) is 17.3. The zero-order chi connectivity index (χ0) is 20.3. The van der Waals surface area contributed by atoms with Crippen LogP contribution >= 0.6 is 11.3 Å². The van der Waals surface area contributed by atoms with Crippen molar-refractivity contribution in [1.29, 1.82) is 0 Å². The molecule has 2 aromatic rings. The summed E-state index contributed by atoms with van der Waals surface area (Å²) in [5, 5.41) is 14.3. The van der Waals surface area contributed by atoms with Crippen molar-refractivity contribution in [2.75, 3.05) is 13.2 Å². The number of nitrogens with one attached hydrogen (secondary N) is 1. The van der Waals surface area contributed by atoms with E-state index in [9.17, 15) is 4.79 Å². The lowest BCUT2D eigenvalue weighted by Crippen LogP contribution is -2.23. The largest absolute Gasteiger partial charge is 0.491 e. The van der Waals surface area contributed by atoms with Crippen molar-refractivity contribution >= 4 is 17.2 Å². The van der Waals surface area contributed by atoms with E-state index in [4.69, 9.17) is 9.84 Å². The Labute approximate surface area is 170 Å². The number of hydrogen-bond acceptors (Lipinski definition) is 4. The van der Waals surface area contributed by atoms with Gasteiger partial charge in [-0.3, -0.25) is 4.79 Å². The molecule has 0 saturated heterocycles. The highest BCUT2D eigenvalue weighted by Crippen LogP contribution is 2.77. The third-order valence-electron chi connectivity index (χ3n) is 7.19. The Hall–Kier alpha value is -1.85. The minimum absolute atomic E-state index is 0.00165. The third-order valence-corrected chi connectivity index (χ3v) is 8.18. The number of hydrogen-bond donors (Lipinski definition) is 2. The van der Waals surface area contributed by atoms with E-state index in [-0.39, 0.29) is 24.5 Å². The SMILES string of the molecule is Cc1cc(CNC(=O)c2scc3c2C(C)C2(C)CC32C)cc(C)c1OCCO. The highest BCUT2D eigenvalue weighted by molar-refractivity contribution is 7.12. The lowest BCUT2D eigenvalue weighted by atomic mass is 9.89. The number of benzene rings is 1. The van der Waals surface area contributed by atoms with Crippen molar-refractivity contribution in [3.63, 3.8) is 0 Å². The van der Waals surface area contributed by atoms with E-state index in [0.717, 1.165) is 27.3 Å². The maximum Gasteiger partial charge on any atom is 0.261 e. The van der Waals surface area contributed by atoms with Crippen molar-refractivity contribution < 1.29 is 14.6 Å². The third kappa shape index (κ3) is 2.71. The molecule has 0 spiro atoms. The fourth-order valence-electron chi connectivity index (χ4n) is 5.22. The average molecular weight is 400 g/mol. The number of amides is 1. The van der Waals surface area contributed by atoms with Gasteiger partial charge in [0.1, 0.15) is 12.4 Å². The van der Waals surface area contributed by atoms with Crippen LogP contribution in [0, 0.1) is 19.3 Å². The predicted molar refractivity (Wildman–Crippen MR) is 112 cm³/mol. The molecule has 28 heavy (non-hydrogen) atoms. The van der Waals surface area contributed by atoms with Crippen molar-refractivity contribution in [2.45, 2.75) is 58.9 Å². The van der Waals surface area contributed by atoms with E-state index in [1.54, 1.807) is 11.3 Å². The van der Waals surface area contributed by atoms with E-state index in [1.807, 2.05) is 26.0 Å². The van der Waals surface area contributed by atoms with Crippen LogP contribution in [0.3, 0.4) is 0 Å². The molecule has 2 aliphatic rings. The monoisotopic (exact) mass is 399 g/mol. The Balaban J connectivity index is 1.48. The Bertz CT molecular complexity index is 926. The minimum atomic E-state index is -0.00165. The van der Waals surface area contributed by atoms with E-state index in [0.29, 0.717) is 17.9 Å². The maximum absolute atomic E-state index is 12.9. The summed E-state index contributed by atoms with van der Waals surface area (Å²) in [6.45, 7) is 11.7. The van der Waals surface area contributed by atoms with Gasteiger partial charge in [0.2, 0.25) is 0 Å². The van der Waals surface area contributed by atoms with Crippen LogP contribution in [0.15, 0.2) is 17.5 Å². The van der Waals surface area contributed by atoms with Crippen LogP contribution in [0.4, 0.5) is 0 Å². The summed E-state index contributed by atoms with van der Waals surface area (Å²) < 4.78 is 5.62. The van der Waals surface area contributed by atoms with E-state index < -0.39 is 0 Å². The molecule has 1 heterocycles. The fourth-order valence-corrected chi connectivity index (χ4v) is 6.44. The van der Waals surface area contributed by atoms with E-state index >= 15 is 0 Å². The molecule has 0 radical (unpaired) electrons. The van der Waals surface area contributed by atoms with Crippen molar-refractivity contribution in [3.05, 3.63) is 50.2 Å². The highest BCUT2D eigenvalue weighted by Gasteiger charge is 2.70. The second kappa shape index (κ2) is 6.60. The van der Waals surface area contributed by atoms with Crippen molar-refractivity contribution in [1.82, 2.24) is 5.32 Å². The number of fused-ring (bicyclic) bond motifs is 3. The number of aryl methyl sites for hydroxylation is 2.